The van der Waals surface area contributed by atoms with Crippen molar-refractivity contribution in [1.29, 1.82) is 0 Å². The predicted molar refractivity (Wildman–Crippen MR) is 99.2 cm³/mol. The number of nitrogens with zero attached hydrogens (tertiary/aromatic N) is 1. The van der Waals surface area contributed by atoms with E-state index >= 15 is 0 Å². The molecule has 1 aliphatic carbocycles. The van der Waals surface area contributed by atoms with Crippen LogP contribution in [0.25, 0.3) is 22.2 Å². The highest BCUT2D eigenvalue weighted by Gasteiger charge is 2.41. The third kappa shape index (κ3) is 1.67. The number of benzene rings is 3. The summed E-state index contributed by atoms with van der Waals surface area (Å²) in [5.74, 6) is 0. The van der Waals surface area contributed by atoms with Crippen LogP contribution in [0, 0.1) is 0 Å². The first-order valence-electron chi connectivity index (χ1n) is 8.34. The van der Waals surface area contributed by atoms with Crippen molar-refractivity contribution in [2.75, 3.05) is 0 Å². The third-order valence-electron chi connectivity index (χ3n) is 5.33. The molecule has 1 nitrogen and oxygen atoms in total. The van der Waals surface area contributed by atoms with Gasteiger partial charge in [0.2, 0.25) is 0 Å². The Bertz CT molecular complexity index is 1070. The second-order valence-electron chi connectivity index (χ2n) is 6.61. The third-order valence-corrected chi connectivity index (χ3v) is 5.33. The first kappa shape index (κ1) is 13.5. The molecule has 1 unspecified atom stereocenters. The minimum atomic E-state index is -0.162. The molecule has 0 fully saturated rings. The second-order valence-corrected chi connectivity index (χ2v) is 6.61. The van der Waals surface area contributed by atoms with Crippen LogP contribution >= 0.6 is 0 Å². The highest BCUT2D eigenvalue weighted by molar-refractivity contribution is 5.89. The molecule has 3 aromatic carbocycles. The zero-order valence-electron chi connectivity index (χ0n) is 13.5. The van der Waals surface area contributed by atoms with Crippen LogP contribution in [-0.4, -0.2) is 4.98 Å². The van der Waals surface area contributed by atoms with Crippen molar-refractivity contribution >= 4 is 10.9 Å². The fourth-order valence-electron chi connectivity index (χ4n) is 4.06. The number of hydrogen-bond acceptors (Lipinski definition) is 1. The molecule has 24 heavy (non-hydrogen) atoms. The molecule has 1 heteroatoms. The van der Waals surface area contributed by atoms with Gasteiger partial charge in [-0.25, -0.2) is 4.98 Å². The summed E-state index contributed by atoms with van der Waals surface area (Å²) >= 11 is 0. The number of pyridine rings is 1. The number of hydrogen-bond donors (Lipinski definition) is 0. The van der Waals surface area contributed by atoms with Crippen molar-refractivity contribution in [2.24, 2.45) is 0 Å². The topological polar surface area (TPSA) is 12.9 Å². The van der Waals surface area contributed by atoms with Gasteiger partial charge < -0.3 is 0 Å². The summed E-state index contributed by atoms with van der Waals surface area (Å²) in [7, 11) is 0. The monoisotopic (exact) mass is 307 g/mol. The van der Waals surface area contributed by atoms with E-state index in [1.807, 2.05) is 0 Å². The zero-order valence-corrected chi connectivity index (χ0v) is 13.5. The van der Waals surface area contributed by atoms with E-state index in [1.54, 1.807) is 0 Å². The minimum Gasteiger partial charge on any atom is -0.247 e. The van der Waals surface area contributed by atoms with Crippen LogP contribution in [0.4, 0.5) is 0 Å². The van der Waals surface area contributed by atoms with Crippen LogP contribution in [0.2, 0.25) is 0 Å². The lowest BCUT2D eigenvalue weighted by molar-refractivity contribution is 0.713. The quantitative estimate of drug-likeness (QED) is 0.448. The van der Waals surface area contributed by atoms with E-state index in [2.05, 4.69) is 91.9 Å². The molecule has 0 radical (unpaired) electrons. The normalized spacial score (nSPS) is 18.4. The van der Waals surface area contributed by atoms with Gasteiger partial charge in [0.05, 0.1) is 11.2 Å². The number of rotatable bonds is 1. The Morgan fingerprint density at radius 2 is 1.42 bits per heavy atom. The Kier molecular flexibility index (Phi) is 2.69. The molecule has 0 spiro atoms. The average Bonchev–Trinajstić information content (AvgIpc) is 2.91. The lowest BCUT2D eigenvalue weighted by Crippen LogP contribution is -2.22. The smallest absolute Gasteiger partial charge is 0.0757 e. The first-order chi connectivity index (χ1) is 11.8. The maximum atomic E-state index is 5.02. The number of aromatic nitrogens is 1. The lowest BCUT2D eigenvalue weighted by atomic mass is 9.74. The van der Waals surface area contributed by atoms with Gasteiger partial charge in [-0.2, -0.15) is 0 Å². The Balaban J connectivity index is 1.92. The second kappa shape index (κ2) is 4.78. The first-order valence-corrected chi connectivity index (χ1v) is 8.34. The maximum Gasteiger partial charge on any atom is 0.0757 e. The van der Waals surface area contributed by atoms with Gasteiger partial charge in [-0.3, -0.25) is 0 Å². The summed E-state index contributed by atoms with van der Waals surface area (Å²) in [6, 6.07) is 30.1. The van der Waals surface area contributed by atoms with Crippen molar-refractivity contribution < 1.29 is 0 Å². The van der Waals surface area contributed by atoms with Gasteiger partial charge >= 0.3 is 0 Å². The summed E-state index contributed by atoms with van der Waals surface area (Å²) in [4.78, 5) is 5.02. The van der Waals surface area contributed by atoms with Gasteiger partial charge in [-0.05, 0) is 35.7 Å². The summed E-state index contributed by atoms with van der Waals surface area (Å²) < 4.78 is 0. The van der Waals surface area contributed by atoms with Gasteiger partial charge in [-0.1, -0.05) is 72.8 Å². The Labute approximate surface area is 141 Å². The van der Waals surface area contributed by atoms with Gasteiger partial charge in [0, 0.05) is 16.4 Å². The summed E-state index contributed by atoms with van der Waals surface area (Å²) in [6.45, 7) is 2.32. The molecule has 0 saturated carbocycles. The van der Waals surface area contributed by atoms with Gasteiger partial charge in [-0.15, -0.1) is 0 Å². The molecule has 0 amide bonds. The van der Waals surface area contributed by atoms with E-state index in [4.69, 9.17) is 4.98 Å². The van der Waals surface area contributed by atoms with Crippen LogP contribution in [0.1, 0.15) is 23.6 Å². The largest absolute Gasteiger partial charge is 0.247 e. The van der Waals surface area contributed by atoms with Gasteiger partial charge in [0.1, 0.15) is 0 Å². The zero-order chi connectivity index (χ0) is 16.1. The fourth-order valence-corrected chi connectivity index (χ4v) is 4.06. The van der Waals surface area contributed by atoms with Crippen LogP contribution in [-0.2, 0) is 5.41 Å². The van der Waals surface area contributed by atoms with Crippen LogP contribution in [0.5, 0.6) is 0 Å². The standard InChI is InChI=1S/C23H17N/c1-23(17-10-3-2-4-11-17)19-13-7-6-12-18(19)22-20(23)15-16-9-5-8-14-21(16)24-22/h2-15H,1H3. The summed E-state index contributed by atoms with van der Waals surface area (Å²) in [6.07, 6.45) is 0. The highest BCUT2D eigenvalue weighted by atomic mass is 14.7. The van der Waals surface area contributed by atoms with E-state index in [0.717, 1.165) is 11.2 Å². The Morgan fingerprint density at radius 1 is 0.708 bits per heavy atom. The van der Waals surface area contributed by atoms with E-state index in [9.17, 15) is 0 Å². The van der Waals surface area contributed by atoms with Crippen molar-refractivity contribution in [3.05, 3.63) is 102 Å². The van der Waals surface area contributed by atoms with Gasteiger partial charge in [0.15, 0.2) is 0 Å². The predicted octanol–water partition coefficient (Wildman–Crippen LogP) is 5.57. The van der Waals surface area contributed by atoms with Crippen LogP contribution < -0.4 is 0 Å². The molecule has 0 bridgehead atoms. The van der Waals surface area contributed by atoms with E-state index in [-0.39, 0.29) is 5.41 Å². The molecule has 0 saturated heterocycles. The average molecular weight is 307 g/mol. The molecule has 1 aliphatic rings. The van der Waals surface area contributed by atoms with Gasteiger partial charge in [0.25, 0.3) is 0 Å². The summed E-state index contributed by atoms with van der Waals surface area (Å²) in [5, 5.41) is 1.20. The molecule has 0 aliphatic heterocycles. The molecule has 0 N–H and O–H groups in total. The van der Waals surface area contributed by atoms with E-state index < -0.39 is 0 Å². The molecule has 5 rings (SSSR count). The molecule has 1 heterocycles. The Hall–Kier alpha value is -2.93. The number of fused-ring (bicyclic) bond motifs is 4. The van der Waals surface area contributed by atoms with Crippen molar-refractivity contribution in [3.8, 4) is 11.3 Å². The molecule has 4 aromatic rings. The molecule has 114 valence electrons. The maximum absolute atomic E-state index is 5.02. The van der Waals surface area contributed by atoms with Crippen molar-refractivity contribution in [3.63, 3.8) is 0 Å². The van der Waals surface area contributed by atoms with Crippen molar-refractivity contribution in [1.82, 2.24) is 4.98 Å². The number of para-hydroxylation sites is 1. The van der Waals surface area contributed by atoms with E-state index in [1.165, 1.54) is 27.6 Å². The summed E-state index contributed by atoms with van der Waals surface area (Å²) in [5.41, 5.74) is 7.23. The molecule has 1 atom stereocenters. The fraction of sp³-hybridized carbons (Fsp3) is 0.0870. The molecule has 1 aromatic heterocycles. The Morgan fingerprint density at radius 3 is 2.29 bits per heavy atom. The van der Waals surface area contributed by atoms with Crippen LogP contribution in [0.15, 0.2) is 84.9 Å². The SMILES string of the molecule is CC1(c2ccccc2)c2ccccc2-c2nc3ccccc3cc21. The highest BCUT2D eigenvalue weighted by Crippen LogP contribution is 2.51. The lowest BCUT2D eigenvalue weighted by Gasteiger charge is -2.28. The minimum absolute atomic E-state index is 0.162. The van der Waals surface area contributed by atoms with Crippen molar-refractivity contribution in [2.45, 2.75) is 12.3 Å². The van der Waals surface area contributed by atoms with Crippen LogP contribution in [0.3, 0.4) is 0 Å². The molecular formula is C23H17N. The van der Waals surface area contributed by atoms with E-state index in [0.29, 0.717) is 0 Å². The molecular weight excluding hydrogens is 290 g/mol.